The molecule has 0 aliphatic carbocycles. The fourth-order valence-electron chi connectivity index (χ4n) is 3.04. The molecule has 28 heavy (non-hydrogen) atoms. The molecule has 0 fully saturated rings. The van der Waals surface area contributed by atoms with Gasteiger partial charge in [-0.15, -0.1) is 11.8 Å². The molecular weight excluding hydrogens is 385 g/mol. The first-order valence-electron chi connectivity index (χ1n) is 8.55. The molecule has 3 aromatic rings. The highest BCUT2D eigenvalue weighted by Crippen LogP contribution is 2.35. The number of pyridine rings is 1. The number of hydrogen-bond acceptors (Lipinski definition) is 3. The van der Waals surface area contributed by atoms with Gasteiger partial charge in [-0.2, -0.15) is 13.2 Å². The number of thioether (sulfide) groups is 1. The average molecular weight is 400 g/mol. The molecule has 142 valence electrons. The second kappa shape index (κ2) is 7.31. The average Bonchev–Trinajstić information content (AvgIpc) is 2.70. The van der Waals surface area contributed by atoms with Crippen molar-refractivity contribution in [1.29, 1.82) is 0 Å². The lowest BCUT2D eigenvalue weighted by Gasteiger charge is -2.28. The van der Waals surface area contributed by atoms with E-state index in [-0.39, 0.29) is 5.91 Å². The Morgan fingerprint density at radius 1 is 1.00 bits per heavy atom. The number of alkyl halides is 3. The number of carbonyl (C=O) groups is 1. The predicted octanol–water partition coefficient (Wildman–Crippen LogP) is 5.47. The first-order valence-corrected chi connectivity index (χ1v) is 9.54. The Hall–Kier alpha value is -2.80. The van der Waals surface area contributed by atoms with E-state index in [1.54, 1.807) is 28.9 Å². The second-order valence-electron chi connectivity index (χ2n) is 6.38. The van der Waals surface area contributed by atoms with Gasteiger partial charge in [0.15, 0.2) is 0 Å². The summed E-state index contributed by atoms with van der Waals surface area (Å²) in [5, 5.41) is 0. The molecule has 1 amide bonds. The van der Waals surface area contributed by atoms with Crippen LogP contribution in [-0.4, -0.2) is 21.7 Å². The molecule has 0 saturated heterocycles. The van der Waals surface area contributed by atoms with Crippen molar-refractivity contribution >= 4 is 17.7 Å². The summed E-state index contributed by atoms with van der Waals surface area (Å²) >= 11 is 1.56. The summed E-state index contributed by atoms with van der Waals surface area (Å²) in [6.45, 7) is 0.413. The first kappa shape index (κ1) is 18.6. The molecule has 1 aliphatic rings. The van der Waals surface area contributed by atoms with E-state index >= 15 is 0 Å². The maximum absolute atomic E-state index is 12.9. The van der Waals surface area contributed by atoms with Gasteiger partial charge >= 0.3 is 6.18 Å². The third kappa shape index (κ3) is 3.75. The zero-order valence-electron chi connectivity index (χ0n) is 14.6. The van der Waals surface area contributed by atoms with Crippen LogP contribution in [0.4, 0.5) is 13.2 Å². The molecule has 1 aliphatic heterocycles. The van der Waals surface area contributed by atoms with Crippen LogP contribution in [0, 0.1) is 0 Å². The minimum atomic E-state index is -4.37. The van der Waals surface area contributed by atoms with E-state index in [1.165, 1.54) is 12.1 Å². The van der Waals surface area contributed by atoms with Gasteiger partial charge in [-0.1, -0.05) is 24.3 Å². The van der Waals surface area contributed by atoms with Crippen molar-refractivity contribution in [2.75, 3.05) is 5.88 Å². The number of rotatable bonds is 3. The summed E-state index contributed by atoms with van der Waals surface area (Å²) in [4.78, 5) is 19.8. The Morgan fingerprint density at radius 2 is 1.75 bits per heavy atom. The number of aromatic nitrogens is 1. The van der Waals surface area contributed by atoms with Crippen molar-refractivity contribution in [3.63, 3.8) is 0 Å². The molecule has 0 radical (unpaired) electrons. The van der Waals surface area contributed by atoms with Crippen molar-refractivity contribution in [3.8, 4) is 11.1 Å². The molecule has 0 saturated carbocycles. The third-order valence-corrected chi connectivity index (χ3v) is 5.61. The van der Waals surface area contributed by atoms with Gasteiger partial charge in [0.25, 0.3) is 5.91 Å². The van der Waals surface area contributed by atoms with Crippen LogP contribution in [0.5, 0.6) is 0 Å². The summed E-state index contributed by atoms with van der Waals surface area (Å²) in [5.74, 6) is 0.426. The van der Waals surface area contributed by atoms with Crippen LogP contribution in [0.3, 0.4) is 0 Å². The number of halogens is 3. The van der Waals surface area contributed by atoms with Crippen molar-refractivity contribution < 1.29 is 18.0 Å². The van der Waals surface area contributed by atoms with E-state index < -0.39 is 11.7 Å². The maximum Gasteiger partial charge on any atom is 0.416 e. The van der Waals surface area contributed by atoms with E-state index in [1.807, 2.05) is 30.3 Å². The van der Waals surface area contributed by atoms with Gasteiger partial charge in [-0.25, -0.2) is 0 Å². The number of carbonyl (C=O) groups excluding carboxylic acids is 1. The van der Waals surface area contributed by atoms with Crippen molar-refractivity contribution in [2.45, 2.75) is 17.6 Å². The van der Waals surface area contributed by atoms with E-state index in [9.17, 15) is 18.0 Å². The van der Waals surface area contributed by atoms with Gasteiger partial charge in [0.05, 0.1) is 29.2 Å². The fourth-order valence-corrected chi connectivity index (χ4v) is 4.00. The standard InChI is InChI=1S/C21H15F3N2OS/c22-21(23,24)16-7-4-14(5-8-16)15-6-9-19-18(11-15)20(27)26(13-28-19)12-17-3-1-2-10-25-17/h1-11H,12-13H2. The largest absolute Gasteiger partial charge is 0.416 e. The molecule has 0 atom stereocenters. The Labute approximate surface area is 164 Å². The van der Waals surface area contributed by atoms with Gasteiger partial charge in [0, 0.05) is 11.1 Å². The number of fused-ring (bicyclic) bond motifs is 1. The normalized spacial score (nSPS) is 14.1. The summed E-state index contributed by atoms with van der Waals surface area (Å²) < 4.78 is 38.3. The van der Waals surface area contributed by atoms with Crippen molar-refractivity contribution in [1.82, 2.24) is 9.88 Å². The monoisotopic (exact) mass is 400 g/mol. The molecule has 2 aromatic carbocycles. The maximum atomic E-state index is 12.9. The highest BCUT2D eigenvalue weighted by atomic mass is 32.2. The minimum Gasteiger partial charge on any atom is -0.323 e. The van der Waals surface area contributed by atoms with Crippen LogP contribution in [0.15, 0.2) is 71.8 Å². The lowest BCUT2D eigenvalue weighted by Crippen LogP contribution is -2.33. The lowest BCUT2D eigenvalue weighted by atomic mass is 10.0. The molecule has 1 aromatic heterocycles. The van der Waals surface area contributed by atoms with Crippen LogP contribution in [-0.2, 0) is 12.7 Å². The highest BCUT2D eigenvalue weighted by Gasteiger charge is 2.30. The first-order chi connectivity index (χ1) is 13.4. The molecule has 2 heterocycles. The second-order valence-corrected chi connectivity index (χ2v) is 7.37. The summed E-state index contributed by atoms with van der Waals surface area (Å²) in [7, 11) is 0. The van der Waals surface area contributed by atoms with Crippen LogP contribution >= 0.6 is 11.8 Å². The number of hydrogen-bond donors (Lipinski definition) is 0. The Bertz CT molecular complexity index is 1000. The van der Waals surface area contributed by atoms with Gasteiger partial charge in [0.2, 0.25) is 0 Å². The van der Waals surface area contributed by atoms with E-state index in [0.717, 1.165) is 22.7 Å². The van der Waals surface area contributed by atoms with Crippen LogP contribution in [0.2, 0.25) is 0 Å². The minimum absolute atomic E-state index is 0.104. The molecule has 7 heteroatoms. The highest BCUT2D eigenvalue weighted by molar-refractivity contribution is 7.99. The summed E-state index contributed by atoms with van der Waals surface area (Å²) in [6, 6.07) is 16.0. The molecule has 3 nitrogen and oxygen atoms in total. The topological polar surface area (TPSA) is 33.2 Å². The fraction of sp³-hybridized carbons (Fsp3) is 0.143. The molecule has 4 rings (SSSR count). The quantitative estimate of drug-likeness (QED) is 0.584. The van der Waals surface area contributed by atoms with Crippen LogP contribution < -0.4 is 0 Å². The van der Waals surface area contributed by atoms with E-state index in [2.05, 4.69) is 4.98 Å². The Morgan fingerprint density at radius 3 is 2.43 bits per heavy atom. The molecule has 0 unspecified atom stereocenters. The summed E-state index contributed by atoms with van der Waals surface area (Å²) in [6.07, 6.45) is -2.68. The number of amides is 1. The predicted molar refractivity (Wildman–Crippen MR) is 102 cm³/mol. The zero-order chi connectivity index (χ0) is 19.7. The molecule has 0 spiro atoms. The van der Waals surface area contributed by atoms with Crippen LogP contribution in [0.1, 0.15) is 21.6 Å². The molecule has 0 N–H and O–H groups in total. The molecular formula is C21H15F3N2OS. The SMILES string of the molecule is O=C1c2cc(-c3ccc(C(F)(F)F)cc3)ccc2SCN1Cc1ccccn1. The Balaban J connectivity index is 1.60. The van der Waals surface area contributed by atoms with E-state index in [0.29, 0.717) is 29.1 Å². The van der Waals surface area contributed by atoms with Crippen LogP contribution in [0.25, 0.3) is 11.1 Å². The summed E-state index contributed by atoms with van der Waals surface area (Å²) in [5.41, 5.74) is 2.02. The smallest absolute Gasteiger partial charge is 0.323 e. The third-order valence-electron chi connectivity index (χ3n) is 4.50. The zero-order valence-corrected chi connectivity index (χ0v) is 15.4. The van der Waals surface area contributed by atoms with Gasteiger partial charge in [-0.05, 0) is 47.5 Å². The Kier molecular flexibility index (Phi) is 4.85. The number of nitrogens with zero attached hydrogens (tertiary/aromatic N) is 2. The molecule has 0 bridgehead atoms. The van der Waals surface area contributed by atoms with E-state index in [4.69, 9.17) is 0 Å². The van der Waals surface area contributed by atoms with Gasteiger partial charge in [-0.3, -0.25) is 9.78 Å². The lowest BCUT2D eigenvalue weighted by molar-refractivity contribution is -0.137. The van der Waals surface area contributed by atoms with Gasteiger partial charge < -0.3 is 4.90 Å². The van der Waals surface area contributed by atoms with Crippen molar-refractivity contribution in [2.24, 2.45) is 0 Å². The van der Waals surface area contributed by atoms with Gasteiger partial charge in [0.1, 0.15) is 0 Å². The number of benzene rings is 2. The van der Waals surface area contributed by atoms with Crippen molar-refractivity contribution in [3.05, 3.63) is 83.7 Å².